The molecule has 0 aliphatic carbocycles. The number of likely N-dealkylation sites (N-methyl/N-ethyl adjacent to an activating group) is 1. The maximum Gasteiger partial charge on any atom is 0.260 e. The van der Waals surface area contributed by atoms with Crippen molar-refractivity contribution in [3.8, 4) is 5.75 Å². The number of rotatable bonds is 6. The zero-order valence-corrected chi connectivity index (χ0v) is 11.1. The number of anilines is 1. The van der Waals surface area contributed by atoms with Crippen LogP contribution in [0.15, 0.2) is 24.3 Å². The third-order valence-corrected chi connectivity index (χ3v) is 2.42. The molecule has 3 N–H and O–H groups in total. The van der Waals surface area contributed by atoms with Crippen molar-refractivity contribution in [3.05, 3.63) is 24.3 Å². The highest BCUT2D eigenvalue weighted by molar-refractivity contribution is 5.80. The summed E-state index contributed by atoms with van der Waals surface area (Å²) in [7, 11) is 3.92. The molecule has 5 nitrogen and oxygen atoms in total. The second kappa shape index (κ2) is 6.86. The van der Waals surface area contributed by atoms with Gasteiger partial charge in [-0.3, -0.25) is 4.79 Å². The van der Waals surface area contributed by atoms with Gasteiger partial charge in [0.2, 0.25) is 0 Å². The highest BCUT2D eigenvalue weighted by atomic mass is 16.5. The lowest BCUT2D eigenvalue weighted by Crippen LogP contribution is -2.39. The van der Waals surface area contributed by atoms with Crippen molar-refractivity contribution < 1.29 is 9.53 Å². The van der Waals surface area contributed by atoms with Gasteiger partial charge >= 0.3 is 0 Å². The van der Waals surface area contributed by atoms with Crippen molar-refractivity contribution in [3.63, 3.8) is 0 Å². The summed E-state index contributed by atoms with van der Waals surface area (Å²) >= 11 is 0. The second-order valence-electron chi connectivity index (χ2n) is 4.42. The Kier molecular flexibility index (Phi) is 5.45. The summed E-state index contributed by atoms with van der Waals surface area (Å²) in [5, 5.41) is 2.82. The molecule has 1 unspecified atom stereocenters. The summed E-state index contributed by atoms with van der Waals surface area (Å²) in [4.78, 5) is 13.7. The number of carbonyl (C=O) groups excluding carboxylic acids is 1. The van der Waals surface area contributed by atoms with Crippen molar-refractivity contribution in [1.29, 1.82) is 0 Å². The molecular weight excluding hydrogens is 230 g/mol. The first-order valence-electron chi connectivity index (χ1n) is 5.93. The van der Waals surface area contributed by atoms with Crippen molar-refractivity contribution in [2.45, 2.75) is 13.0 Å². The molecule has 0 spiro atoms. The summed E-state index contributed by atoms with van der Waals surface area (Å²) in [5.74, 6) is 0.521. The number of hydrogen-bond donors (Lipinski definition) is 2. The Bertz CT molecular complexity index is 376. The van der Waals surface area contributed by atoms with Gasteiger partial charge in [-0.05, 0) is 45.3 Å². The van der Waals surface area contributed by atoms with Gasteiger partial charge in [-0.1, -0.05) is 0 Å². The molecule has 0 saturated heterocycles. The van der Waals surface area contributed by atoms with E-state index in [2.05, 4.69) is 5.32 Å². The largest absolute Gasteiger partial charge is 0.481 e. The quantitative estimate of drug-likeness (QED) is 0.731. The average molecular weight is 251 g/mol. The van der Waals surface area contributed by atoms with Gasteiger partial charge in [0.15, 0.2) is 6.10 Å². The molecule has 0 radical (unpaired) electrons. The number of carbonyl (C=O) groups is 1. The normalized spacial score (nSPS) is 12.2. The molecule has 1 aromatic carbocycles. The lowest BCUT2D eigenvalue weighted by atomic mass is 10.3. The third-order valence-electron chi connectivity index (χ3n) is 2.42. The Morgan fingerprint density at radius 2 is 2.00 bits per heavy atom. The first-order chi connectivity index (χ1) is 8.49. The van der Waals surface area contributed by atoms with E-state index in [-0.39, 0.29) is 5.91 Å². The van der Waals surface area contributed by atoms with Crippen LogP contribution in [0, 0.1) is 0 Å². The second-order valence-corrected chi connectivity index (χ2v) is 4.42. The summed E-state index contributed by atoms with van der Waals surface area (Å²) in [6.45, 7) is 3.14. The highest BCUT2D eigenvalue weighted by Gasteiger charge is 2.13. The summed E-state index contributed by atoms with van der Waals surface area (Å²) in [6, 6.07) is 6.98. The van der Waals surface area contributed by atoms with Crippen LogP contribution in [0.5, 0.6) is 5.75 Å². The molecule has 0 bridgehead atoms. The summed E-state index contributed by atoms with van der Waals surface area (Å²) < 4.78 is 5.51. The highest BCUT2D eigenvalue weighted by Crippen LogP contribution is 2.14. The fraction of sp³-hybridized carbons (Fsp3) is 0.462. The third kappa shape index (κ3) is 5.05. The molecule has 0 aromatic heterocycles. The summed E-state index contributed by atoms with van der Waals surface area (Å²) in [5.41, 5.74) is 6.24. The maximum absolute atomic E-state index is 11.7. The molecule has 0 aliphatic rings. The number of nitrogen functional groups attached to an aromatic ring is 1. The lowest BCUT2D eigenvalue weighted by molar-refractivity contribution is -0.127. The van der Waals surface area contributed by atoms with E-state index in [9.17, 15) is 4.79 Å². The van der Waals surface area contributed by atoms with E-state index in [0.717, 1.165) is 6.54 Å². The first kappa shape index (κ1) is 14.3. The number of amides is 1. The van der Waals surface area contributed by atoms with Crippen LogP contribution in [0.3, 0.4) is 0 Å². The molecule has 1 amide bonds. The first-order valence-corrected chi connectivity index (χ1v) is 5.93. The molecule has 0 saturated carbocycles. The van der Waals surface area contributed by atoms with E-state index in [1.165, 1.54) is 0 Å². The van der Waals surface area contributed by atoms with E-state index in [0.29, 0.717) is 18.0 Å². The van der Waals surface area contributed by atoms with Crippen LogP contribution in [-0.4, -0.2) is 44.1 Å². The lowest BCUT2D eigenvalue weighted by Gasteiger charge is -2.16. The van der Waals surface area contributed by atoms with Gasteiger partial charge in [-0.15, -0.1) is 0 Å². The van der Waals surface area contributed by atoms with Gasteiger partial charge in [0.25, 0.3) is 5.91 Å². The van der Waals surface area contributed by atoms with Crippen molar-refractivity contribution in [2.75, 3.05) is 32.9 Å². The molecule has 1 rings (SSSR count). The monoisotopic (exact) mass is 251 g/mol. The number of nitrogens with one attached hydrogen (secondary N) is 1. The van der Waals surface area contributed by atoms with E-state index in [1.807, 2.05) is 19.0 Å². The Morgan fingerprint density at radius 1 is 1.39 bits per heavy atom. The number of nitrogens with zero attached hydrogens (tertiary/aromatic N) is 1. The average Bonchev–Trinajstić information content (AvgIpc) is 2.31. The predicted molar refractivity (Wildman–Crippen MR) is 72.5 cm³/mol. The van der Waals surface area contributed by atoms with Crippen LogP contribution in [0.25, 0.3) is 0 Å². The van der Waals surface area contributed by atoms with Crippen LogP contribution < -0.4 is 15.8 Å². The Balaban J connectivity index is 2.37. The molecule has 100 valence electrons. The SMILES string of the molecule is CC(Oc1ccc(N)cc1)C(=O)NCCN(C)C. The standard InChI is InChI=1S/C13H21N3O2/c1-10(13(17)15-8-9-16(2)3)18-12-6-4-11(14)5-7-12/h4-7,10H,8-9,14H2,1-3H3,(H,15,17). The van der Waals surface area contributed by atoms with Gasteiger partial charge < -0.3 is 20.7 Å². The Labute approximate surface area is 108 Å². The molecule has 0 aliphatic heterocycles. The fourth-order valence-corrected chi connectivity index (χ4v) is 1.35. The Morgan fingerprint density at radius 3 is 2.56 bits per heavy atom. The summed E-state index contributed by atoms with van der Waals surface area (Å²) in [6.07, 6.45) is -0.518. The van der Waals surface area contributed by atoms with E-state index < -0.39 is 6.10 Å². The Hall–Kier alpha value is -1.75. The van der Waals surface area contributed by atoms with E-state index in [1.54, 1.807) is 31.2 Å². The van der Waals surface area contributed by atoms with Crippen LogP contribution >= 0.6 is 0 Å². The minimum atomic E-state index is -0.518. The van der Waals surface area contributed by atoms with Crippen LogP contribution in [0.1, 0.15) is 6.92 Å². The van der Waals surface area contributed by atoms with Crippen molar-refractivity contribution >= 4 is 11.6 Å². The van der Waals surface area contributed by atoms with Crippen molar-refractivity contribution in [1.82, 2.24) is 10.2 Å². The number of benzene rings is 1. The number of nitrogens with two attached hydrogens (primary N) is 1. The van der Waals surface area contributed by atoms with Crippen molar-refractivity contribution in [2.24, 2.45) is 0 Å². The smallest absolute Gasteiger partial charge is 0.260 e. The molecular formula is C13H21N3O2. The van der Waals surface area contributed by atoms with Crippen LogP contribution in [0.4, 0.5) is 5.69 Å². The van der Waals surface area contributed by atoms with E-state index >= 15 is 0 Å². The van der Waals surface area contributed by atoms with Gasteiger partial charge in [0.05, 0.1) is 0 Å². The van der Waals surface area contributed by atoms with Gasteiger partial charge in [-0.2, -0.15) is 0 Å². The minimum Gasteiger partial charge on any atom is -0.481 e. The molecule has 18 heavy (non-hydrogen) atoms. The minimum absolute atomic E-state index is 0.117. The van der Waals surface area contributed by atoms with E-state index in [4.69, 9.17) is 10.5 Å². The predicted octanol–water partition coefficient (Wildman–Crippen LogP) is 0.714. The molecule has 0 fully saturated rings. The zero-order valence-electron chi connectivity index (χ0n) is 11.1. The molecule has 0 heterocycles. The molecule has 1 aromatic rings. The molecule has 1 atom stereocenters. The fourth-order valence-electron chi connectivity index (χ4n) is 1.35. The molecule has 5 heteroatoms. The van der Waals surface area contributed by atoms with Crippen LogP contribution in [-0.2, 0) is 4.79 Å². The zero-order chi connectivity index (χ0) is 13.5. The maximum atomic E-state index is 11.7. The van der Waals surface area contributed by atoms with Gasteiger partial charge in [0, 0.05) is 18.8 Å². The van der Waals surface area contributed by atoms with Crippen LogP contribution in [0.2, 0.25) is 0 Å². The number of hydrogen-bond acceptors (Lipinski definition) is 4. The van der Waals surface area contributed by atoms with Gasteiger partial charge in [-0.25, -0.2) is 0 Å². The topological polar surface area (TPSA) is 67.6 Å². The number of ether oxygens (including phenoxy) is 1. The van der Waals surface area contributed by atoms with Gasteiger partial charge in [0.1, 0.15) is 5.75 Å².